The van der Waals surface area contributed by atoms with Crippen molar-refractivity contribution in [2.45, 2.75) is 12.5 Å². The number of aliphatic hydroxyl groups is 1. The Morgan fingerprint density at radius 2 is 2.12 bits per heavy atom. The monoisotopic (exact) mass is 334 g/mol. The molecule has 1 heterocycles. The topological polar surface area (TPSA) is 20.2 Å². The molecule has 1 N–H and O–H groups in total. The third kappa shape index (κ3) is 3.28. The quantitative estimate of drug-likeness (QED) is 0.870. The first-order valence-corrected chi connectivity index (χ1v) is 6.92. The van der Waals surface area contributed by atoms with Gasteiger partial charge in [-0.15, -0.1) is 11.3 Å². The summed E-state index contributed by atoms with van der Waals surface area (Å²) in [6.07, 6.45) is -0.188. The highest BCUT2D eigenvalue weighted by Crippen LogP contribution is 2.30. The molecule has 0 aliphatic carbocycles. The largest absolute Gasteiger partial charge is 0.387 e. The number of benzene rings is 1. The summed E-state index contributed by atoms with van der Waals surface area (Å²) in [5.41, 5.74) is 0.864. The molecule has 0 radical (unpaired) electrons. The fourth-order valence-corrected chi connectivity index (χ4v) is 3.06. The molecule has 0 aliphatic rings. The highest BCUT2D eigenvalue weighted by Gasteiger charge is 2.13. The summed E-state index contributed by atoms with van der Waals surface area (Å²) in [7, 11) is 0. The number of hydrogen-bond acceptors (Lipinski definition) is 2. The van der Waals surface area contributed by atoms with E-state index in [2.05, 4.69) is 15.9 Å². The third-order valence-corrected chi connectivity index (χ3v) is 4.42. The minimum atomic E-state index is -0.616. The molecule has 2 rings (SSSR count). The molecule has 17 heavy (non-hydrogen) atoms. The van der Waals surface area contributed by atoms with E-state index in [-0.39, 0.29) is 5.82 Å². The van der Waals surface area contributed by atoms with Gasteiger partial charge < -0.3 is 5.11 Å². The molecule has 0 amide bonds. The summed E-state index contributed by atoms with van der Waals surface area (Å²) in [4.78, 5) is 0.811. The van der Waals surface area contributed by atoms with E-state index >= 15 is 0 Å². The Morgan fingerprint density at radius 1 is 1.35 bits per heavy atom. The number of rotatable bonds is 3. The third-order valence-electron chi connectivity index (χ3n) is 2.35. The van der Waals surface area contributed by atoms with Gasteiger partial charge in [0.25, 0.3) is 0 Å². The van der Waals surface area contributed by atoms with E-state index < -0.39 is 6.10 Å². The molecule has 2 aromatic rings. The van der Waals surface area contributed by atoms with Crippen molar-refractivity contribution in [2.75, 3.05) is 0 Å². The Hall–Kier alpha value is -0.420. The van der Waals surface area contributed by atoms with Gasteiger partial charge in [0.05, 0.1) is 10.4 Å². The number of hydrogen-bond donors (Lipinski definition) is 1. The van der Waals surface area contributed by atoms with Crippen LogP contribution in [0.5, 0.6) is 0 Å². The van der Waals surface area contributed by atoms with Gasteiger partial charge in [-0.3, -0.25) is 0 Å². The Kier molecular flexibility index (Phi) is 4.20. The van der Waals surface area contributed by atoms with E-state index in [1.54, 1.807) is 18.2 Å². The van der Waals surface area contributed by atoms with Crippen molar-refractivity contribution in [2.24, 2.45) is 0 Å². The Balaban J connectivity index is 2.15. The van der Waals surface area contributed by atoms with Gasteiger partial charge in [0.15, 0.2) is 0 Å². The summed E-state index contributed by atoms with van der Waals surface area (Å²) < 4.78 is 14.2. The van der Waals surface area contributed by atoms with Gasteiger partial charge in [-0.2, -0.15) is 0 Å². The van der Waals surface area contributed by atoms with Gasteiger partial charge in [-0.1, -0.05) is 33.6 Å². The lowest BCUT2D eigenvalue weighted by Gasteiger charge is -2.10. The van der Waals surface area contributed by atoms with Crippen LogP contribution in [0, 0.1) is 5.82 Å². The Morgan fingerprint density at radius 3 is 2.71 bits per heavy atom. The molecule has 0 fully saturated rings. The maximum absolute atomic E-state index is 12.9. The lowest BCUT2D eigenvalue weighted by Crippen LogP contribution is -2.00. The van der Waals surface area contributed by atoms with E-state index in [0.717, 1.165) is 10.4 Å². The fourth-order valence-electron chi connectivity index (χ4n) is 1.50. The van der Waals surface area contributed by atoms with E-state index in [0.29, 0.717) is 15.2 Å². The second-order valence-electron chi connectivity index (χ2n) is 3.60. The van der Waals surface area contributed by atoms with Gasteiger partial charge in [0, 0.05) is 15.8 Å². The molecule has 1 aromatic carbocycles. The normalized spacial score (nSPS) is 12.7. The SMILES string of the molecule is OC(Cc1ccc(F)cc1Br)c1ccc(Cl)s1. The molecular weight excluding hydrogens is 327 g/mol. The standard InChI is InChI=1S/C12H9BrClFOS/c13-9-6-8(15)2-1-7(9)5-10(16)11-3-4-12(14)17-11/h1-4,6,10,16H,5H2. The minimum absolute atomic E-state index is 0.297. The first-order valence-electron chi connectivity index (χ1n) is 4.93. The van der Waals surface area contributed by atoms with Gasteiger partial charge in [-0.25, -0.2) is 4.39 Å². The van der Waals surface area contributed by atoms with Crippen LogP contribution in [0.2, 0.25) is 4.34 Å². The highest BCUT2D eigenvalue weighted by molar-refractivity contribution is 9.10. The molecule has 0 aliphatic heterocycles. The first kappa shape index (κ1) is 13.0. The van der Waals surface area contributed by atoms with Crippen molar-refractivity contribution < 1.29 is 9.50 Å². The van der Waals surface area contributed by atoms with Crippen molar-refractivity contribution in [1.29, 1.82) is 0 Å². The molecule has 90 valence electrons. The molecule has 0 saturated heterocycles. The van der Waals surface area contributed by atoms with Crippen LogP contribution in [0.4, 0.5) is 4.39 Å². The second-order valence-corrected chi connectivity index (χ2v) is 6.20. The van der Waals surface area contributed by atoms with Crippen molar-refractivity contribution in [3.8, 4) is 0 Å². The van der Waals surface area contributed by atoms with Crippen molar-refractivity contribution in [1.82, 2.24) is 0 Å². The molecule has 0 saturated carbocycles. The summed E-state index contributed by atoms with van der Waals surface area (Å²) in [6.45, 7) is 0. The van der Waals surface area contributed by atoms with E-state index in [1.165, 1.54) is 23.5 Å². The van der Waals surface area contributed by atoms with Crippen LogP contribution in [0.15, 0.2) is 34.8 Å². The predicted octanol–water partition coefficient (Wildman–Crippen LogP) is 4.58. The van der Waals surface area contributed by atoms with Crippen LogP contribution in [-0.2, 0) is 6.42 Å². The van der Waals surface area contributed by atoms with Crippen LogP contribution in [0.3, 0.4) is 0 Å². The first-order chi connectivity index (χ1) is 8.06. The Labute approximate surface area is 116 Å². The molecule has 0 spiro atoms. The molecule has 1 nitrogen and oxygen atoms in total. The second kappa shape index (κ2) is 5.48. The van der Waals surface area contributed by atoms with Gasteiger partial charge in [-0.05, 0) is 29.8 Å². The zero-order chi connectivity index (χ0) is 12.4. The summed E-state index contributed by atoms with van der Waals surface area (Å²) in [5.74, 6) is -0.297. The van der Waals surface area contributed by atoms with Crippen LogP contribution < -0.4 is 0 Å². The number of thiophene rings is 1. The van der Waals surface area contributed by atoms with Crippen LogP contribution in [0.25, 0.3) is 0 Å². The van der Waals surface area contributed by atoms with E-state index in [4.69, 9.17) is 11.6 Å². The molecular formula is C12H9BrClFOS. The lowest BCUT2D eigenvalue weighted by molar-refractivity contribution is 0.182. The Bertz CT molecular complexity index is 529. The zero-order valence-electron chi connectivity index (χ0n) is 8.66. The van der Waals surface area contributed by atoms with Crippen molar-refractivity contribution >= 4 is 38.9 Å². The van der Waals surface area contributed by atoms with Crippen molar-refractivity contribution in [3.63, 3.8) is 0 Å². The molecule has 1 aromatic heterocycles. The zero-order valence-corrected chi connectivity index (χ0v) is 11.8. The summed E-state index contributed by atoms with van der Waals surface area (Å²) in [6, 6.07) is 8.00. The average Bonchev–Trinajstić information content (AvgIpc) is 2.69. The summed E-state index contributed by atoms with van der Waals surface area (Å²) >= 11 is 10.4. The van der Waals surface area contributed by atoms with Gasteiger partial charge in [0.2, 0.25) is 0 Å². The van der Waals surface area contributed by atoms with Gasteiger partial charge >= 0.3 is 0 Å². The molecule has 1 atom stereocenters. The molecule has 1 unspecified atom stereocenters. The fraction of sp³-hybridized carbons (Fsp3) is 0.167. The maximum Gasteiger partial charge on any atom is 0.124 e. The maximum atomic E-state index is 12.9. The highest BCUT2D eigenvalue weighted by atomic mass is 79.9. The number of halogens is 3. The summed E-state index contributed by atoms with van der Waals surface area (Å²) in [5, 5.41) is 10.0. The van der Waals surface area contributed by atoms with E-state index in [9.17, 15) is 9.50 Å². The minimum Gasteiger partial charge on any atom is -0.387 e. The van der Waals surface area contributed by atoms with Crippen LogP contribution in [0.1, 0.15) is 16.5 Å². The smallest absolute Gasteiger partial charge is 0.124 e. The predicted molar refractivity (Wildman–Crippen MR) is 72.1 cm³/mol. The van der Waals surface area contributed by atoms with Crippen LogP contribution >= 0.6 is 38.9 Å². The number of aliphatic hydroxyl groups excluding tert-OH is 1. The van der Waals surface area contributed by atoms with Gasteiger partial charge in [0.1, 0.15) is 5.82 Å². The average molecular weight is 336 g/mol. The van der Waals surface area contributed by atoms with Crippen molar-refractivity contribution in [3.05, 3.63) is 55.4 Å². The lowest BCUT2D eigenvalue weighted by atomic mass is 10.1. The molecule has 0 bridgehead atoms. The van der Waals surface area contributed by atoms with E-state index in [1.807, 2.05) is 0 Å². The van der Waals surface area contributed by atoms with Crippen LogP contribution in [-0.4, -0.2) is 5.11 Å². The molecule has 5 heteroatoms.